The summed E-state index contributed by atoms with van der Waals surface area (Å²) in [5.74, 6) is -1.09. The lowest BCUT2D eigenvalue weighted by molar-refractivity contribution is -0.167. The first-order chi connectivity index (χ1) is 32.5. The zero-order valence-electron chi connectivity index (χ0n) is 41.4. The Bertz CT molecular complexity index is 1600. The fourth-order valence-corrected chi connectivity index (χ4v) is 5.90. The molecule has 1 atom stereocenters. The molecule has 0 bridgehead atoms. The van der Waals surface area contributed by atoms with Gasteiger partial charge in [-0.25, -0.2) is 0 Å². The molecule has 1 unspecified atom stereocenters. The average Bonchev–Trinajstić information content (AvgIpc) is 3.31. The van der Waals surface area contributed by atoms with Crippen LogP contribution in [0.3, 0.4) is 0 Å². The maximum absolute atomic E-state index is 12.8. The fraction of sp³-hybridized carbons (Fsp3) is 0.483. The van der Waals surface area contributed by atoms with Crippen molar-refractivity contribution in [3.8, 4) is 0 Å². The van der Waals surface area contributed by atoms with Crippen molar-refractivity contribution in [1.29, 1.82) is 0 Å². The van der Waals surface area contributed by atoms with E-state index >= 15 is 0 Å². The van der Waals surface area contributed by atoms with Crippen LogP contribution in [-0.4, -0.2) is 37.2 Å². The van der Waals surface area contributed by atoms with Gasteiger partial charge in [-0.1, -0.05) is 204 Å². The first-order valence-electron chi connectivity index (χ1n) is 25.2. The van der Waals surface area contributed by atoms with Gasteiger partial charge in [0.05, 0.1) is 0 Å². The van der Waals surface area contributed by atoms with Gasteiger partial charge in [-0.3, -0.25) is 14.4 Å². The van der Waals surface area contributed by atoms with Crippen LogP contribution < -0.4 is 0 Å². The van der Waals surface area contributed by atoms with Crippen LogP contribution in [0.25, 0.3) is 0 Å². The lowest BCUT2D eigenvalue weighted by Crippen LogP contribution is -2.30. The van der Waals surface area contributed by atoms with Crippen molar-refractivity contribution in [1.82, 2.24) is 0 Å². The quantitative estimate of drug-likeness (QED) is 0.0200. The Kier molecular flexibility index (Phi) is 48.2. The minimum Gasteiger partial charge on any atom is -0.462 e. The molecule has 0 saturated heterocycles. The van der Waals surface area contributed by atoms with Gasteiger partial charge in [0.15, 0.2) is 6.10 Å². The number of rotatable bonds is 42. The minimum atomic E-state index is -0.845. The maximum Gasteiger partial charge on any atom is 0.306 e. The highest BCUT2D eigenvalue weighted by Crippen LogP contribution is 2.10. The van der Waals surface area contributed by atoms with E-state index in [0.717, 1.165) is 109 Å². The summed E-state index contributed by atoms with van der Waals surface area (Å²) in [6.07, 6.45) is 77.7. The summed E-state index contributed by atoms with van der Waals surface area (Å²) in [6.45, 7) is 6.11. The van der Waals surface area contributed by atoms with Crippen molar-refractivity contribution < 1.29 is 28.6 Å². The number of carbonyl (C=O) groups excluding carboxylic acids is 3. The van der Waals surface area contributed by atoms with E-state index in [1.165, 1.54) is 0 Å². The van der Waals surface area contributed by atoms with Gasteiger partial charge >= 0.3 is 17.9 Å². The summed E-state index contributed by atoms with van der Waals surface area (Å²) in [4.78, 5) is 38.0. The van der Waals surface area contributed by atoms with Crippen LogP contribution in [-0.2, 0) is 28.6 Å². The third-order valence-electron chi connectivity index (χ3n) is 9.58. The Morgan fingerprint density at radius 2 is 0.636 bits per heavy atom. The number of esters is 3. The van der Waals surface area contributed by atoms with E-state index in [0.29, 0.717) is 19.3 Å². The van der Waals surface area contributed by atoms with Crippen LogP contribution in [0.15, 0.2) is 170 Å². The molecule has 0 aromatic carbocycles. The van der Waals surface area contributed by atoms with Crippen molar-refractivity contribution in [2.45, 2.75) is 175 Å². The number of hydrogen-bond donors (Lipinski definition) is 0. The van der Waals surface area contributed by atoms with Crippen molar-refractivity contribution >= 4 is 17.9 Å². The van der Waals surface area contributed by atoms with E-state index in [-0.39, 0.29) is 50.4 Å². The second-order valence-corrected chi connectivity index (χ2v) is 15.7. The van der Waals surface area contributed by atoms with Crippen molar-refractivity contribution in [3.63, 3.8) is 0 Å². The van der Waals surface area contributed by atoms with Gasteiger partial charge in [-0.15, -0.1) is 0 Å². The highest BCUT2D eigenvalue weighted by molar-refractivity contribution is 5.71. The molecule has 0 spiro atoms. The van der Waals surface area contributed by atoms with Crippen molar-refractivity contribution in [3.05, 3.63) is 170 Å². The lowest BCUT2D eigenvalue weighted by Gasteiger charge is -2.18. The second-order valence-electron chi connectivity index (χ2n) is 15.7. The molecular weight excluding hydrogens is 817 g/mol. The predicted molar refractivity (Wildman–Crippen MR) is 283 cm³/mol. The molecule has 6 heteroatoms. The molecule has 6 nitrogen and oxygen atoms in total. The summed E-state index contributed by atoms with van der Waals surface area (Å²) < 4.78 is 16.7. The predicted octanol–water partition coefficient (Wildman–Crippen LogP) is 16.8. The van der Waals surface area contributed by atoms with Gasteiger partial charge in [0, 0.05) is 19.3 Å². The molecule has 0 aliphatic carbocycles. The summed E-state index contributed by atoms with van der Waals surface area (Å²) in [5, 5.41) is 0. The Labute approximate surface area is 402 Å². The Balaban J connectivity index is 4.66. The van der Waals surface area contributed by atoms with Gasteiger partial charge in [0.2, 0.25) is 0 Å². The molecule has 0 amide bonds. The molecular formula is C60H88O6. The third kappa shape index (κ3) is 49.8. The van der Waals surface area contributed by atoms with Crippen LogP contribution in [0.4, 0.5) is 0 Å². The fourth-order valence-electron chi connectivity index (χ4n) is 5.90. The van der Waals surface area contributed by atoms with Crippen LogP contribution in [0, 0.1) is 0 Å². The first kappa shape index (κ1) is 60.8. The standard InChI is InChI=1S/C60H88O6/c1-4-7-10-13-16-19-22-25-28-30-33-35-38-41-44-47-50-53-59(62)65-56-57(55-64-58(61)52-49-46-43-40-37-34-31-27-24-21-18-15-12-9-6-3)66-60(63)54-51-48-45-42-39-36-32-29-26-23-20-17-14-11-8-5-2/h7-12,15-21,24-29,31,33-37,39,41,44,57H,4-6,13-14,22-23,30,32,38,40,42-43,45-56H2,1-3H3/b10-7-,11-8-,12-9-,18-15-,19-16-,20-17-,24-21-,28-25-,29-26-,31-27-,35-33-,37-34-,39-36-,44-41-. The summed E-state index contributed by atoms with van der Waals surface area (Å²) in [6, 6.07) is 0. The normalized spacial score (nSPS) is 13.6. The zero-order chi connectivity index (χ0) is 47.9. The van der Waals surface area contributed by atoms with Gasteiger partial charge in [-0.2, -0.15) is 0 Å². The highest BCUT2D eigenvalue weighted by Gasteiger charge is 2.19. The third-order valence-corrected chi connectivity index (χ3v) is 9.58. The number of hydrogen-bond acceptors (Lipinski definition) is 6. The van der Waals surface area contributed by atoms with Gasteiger partial charge < -0.3 is 14.2 Å². The SMILES string of the molecule is CC\C=C/C=C\C=C/C=C\C=C/CCCCCC(=O)OCC(COC(=O)CCC/C=C\C/C=C\C/C=C\C/C=C\C/C=C\CC)OC(=O)CCCCC/C=C\C/C=C\C/C=C\C/C=C\CC. The largest absolute Gasteiger partial charge is 0.462 e. The molecule has 364 valence electrons. The molecule has 0 heterocycles. The first-order valence-corrected chi connectivity index (χ1v) is 25.2. The van der Waals surface area contributed by atoms with Gasteiger partial charge in [0.1, 0.15) is 13.2 Å². The van der Waals surface area contributed by atoms with E-state index in [1.807, 2.05) is 48.6 Å². The summed E-state index contributed by atoms with van der Waals surface area (Å²) in [7, 11) is 0. The van der Waals surface area contributed by atoms with Crippen LogP contribution in [0.5, 0.6) is 0 Å². The molecule has 0 aliphatic rings. The summed E-state index contributed by atoms with van der Waals surface area (Å²) in [5.41, 5.74) is 0. The molecule has 0 aliphatic heterocycles. The monoisotopic (exact) mass is 905 g/mol. The van der Waals surface area contributed by atoms with E-state index in [4.69, 9.17) is 14.2 Å². The Morgan fingerprint density at radius 1 is 0.318 bits per heavy atom. The van der Waals surface area contributed by atoms with E-state index < -0.39 is 6.10 Å². The highest BCUT2D eigenvalue weighted by atomic mass is 16.6. The van der Waals surface area contributed by atoms with Crippen molar-refractivity contribution in [2.75, 3.05) is 13.2 Å². The van der Waals surface area contributed by atoms with E-state index in [9.17, 15) is 14.4 Å². The number of carbonyl (C=O) groups is 3. The van der Waals surface area contributed by atoms with Crippen LogP contribution in [0.1, 0.15) is 168 Å². The molecule has 0 aromatic rings. The number of unbranched alkanes of at least 4 members (excludes halogenated alkanes) is 7. The zero-order valence-corrected chi connectivity index (χ0v) is 41.4. The van der Waals surface area contributed by atoms with E-state index in [1.54, 1.807) is 0 Å². The number of allylic oxidation sites excluding steroid dienone is 28. The second kappa shape index (κ2) is 52.4. The Morgan fingerprint density at radius 3 is 1.06 bits per heavy atom. The van der Waals surface area contributed by atoms with Gasteiger partial charge in [0.25, 0.3) is 0 Å². The summed E-state index contributed by atoms with van der Waals surface area (Å²) >= 11 is 0. The molecule has 0 saturated carbocycles. The molecule has 0 fully saturated rings. The molecule has 0 aromatic heterocycles. The van der Waals surface area contributed by atoms with E-state index in [2.05, 4.69) is 142 Å². The lowest BCUT2D eigenvalue weighted by atomic mass is 10.1. The van der Waals surface area contributed by atoms with Crippen LogP contribution >= 0.6 is 0 Å². The molecule has 0 radical (unpaired) electrons. The Hall–Kier alpha value is -5.23. The smallest absolute Gasteiger partial charge is 0.306 e. The molecule has 0 N–H and O–H groups in total. The van der Waals surface area contributed by atoms with Gasteiger partial charge in [-0.05, 0) is 116 Å². The average molecular weight is 905 g/mol. The minimum absolute atomic E-state index is 0.140. The topological polar surface area (TPSA) is 78.9 Å². The molecule has 66 heavy (non-hydrogen) atoms. The van der Waals surface area contributed by atoms with Crippen LogP contribution in [0.2, 0.25) is 0 Å². The number of ether oxygens (including phenoxy) is 3. The maximum atomic E-state index is 12.8. The van der Waals surface area contributed by atoms with Crippen molar-refractivity contribution in [2.24, 2.45) is 0 Å². The molecule has 0 rings (SSSR count).